The standard InChI is InChI=1S/C17H25N5S2.HI/c1-4-18-16(19-10-11-23-15-8-6-5-7-9-15)20-12-14-13-24-17(21-14)22(2)3;/h5-9,13H,4,10-12H2,1-3H3,(H2,18,19,20);1H. The largest absolute Gasteiger partial charge is 0.357 e. The fourth-order valence-corrected chi connectivity index (χ4v) is 3.47. The first kappa shape index (κ1) is 22.0. The maximum atomic E-state index is 4.61. The second-order valence-corrected chi connectivity index (χ2v) is 7.30. The number of thiazole rings is 1. The molecule has 5 nitrogen and oxygen atoms in total. The number of nitrogens with zero attached hydrogens (tertiary/aromatic N) is 3. The van der Waals surface area contributed by atoms with Crippen molar-refractivity contribution in [1.29, 1.82) is 0 Å². The lowest BCUT2D eigenvalue weighted by Crippen LogP contribution is -2.38. The van der Waals surface area contributed by atoms with Gasteiger partial charge < -0.3 is 15.5 Å². The van der Waals surface area contributed by atoms with Gasteiger partial charge in [-0.25, -0.2) is 9.98 Å². The average molecular weight is 491 g/mol. The van der Waals surface area contributed by atoms with Gasteiger partial charge in [-0.05, 0) is 19.1 Å². The Labute approximate surface area is 175 Å². The summed E-state index contributed by atoms with van der Waals surface area (Å²) in [5.41, 5.74) is 1.000. The second kappa shape index (κ2) is 12.4. The van der Waals surface area contributed by atoms with Crippen molar-refractivity contribution < 1.29 is 0 Å². The van der Waals surface area contributed by atoms with Gasteiger partial charge in [-0.2, -0.15) is 0 Å². The zero-order valence-corrected chi connectivity index (χ0v) is 18.8. The third-order valence-electron chi connectivity index (χ3n) is 3.07. The van der Waals surface area contributed by atoms with E-state index in [9.17, 15) is 0 Å². The quantitative estimate of drug-likeness (QED) is 0.194. The van der Waals surface area contributed by atoms with E-state index in [-0.39, 0.29) is 24.0 Å². The molecule has 0 amide bonds. The monoisotopic (exact) mass is 491 g/mol. The van der Waals surface area contributed by atoms with Gasteiger partial charge >= 0.3 is 0 Å². The number of halogens is 1. The predicted molar refractivity (Wildman–Crippen MR) is 122 cm³/mol. The fraction of sp³-hybridized carbons (Fsp3) is 0.412. The minimum Gasteiger partial charge on any atom is -0.357 e. The van der Waals surface area contributed by atoms with E-state index >= 15 is 0 Å². The number of nitrogens with one attached hydrogen (secondary N) is 2. The number of aliphatic imine (C=N–C) groups is 1. The molecule has 2 rings (SSSR count). The maximum Gasteiger partial charge on any atom is 0.191 e. The lowest BCUT2D eigenvalue weighted by molar-refractivity contribution is 0.838. The van der Waals surface area contributed by atoms with Crippen molar-refractivity contribution >= 4 is 58.2 Å². The Morgan fingerprint density at radius 1 is 1.24 bits per heavy atom. The van der Waals surface area contributed by atoms with Gasteiger partial charge in [0.25, 0.3) is 0 Å². The van der Waals surface area contributed by atoms with Crippen LogP contribution in [0.2, 0.25) is 0 Å². The summed E-state index contributed by atoms with van der Waals surface area (Å²) >= 11 is 3.48. The highest BCUT2D eigenvalue weighted by atomic mass is 127. The van der Waals surface area contributed by atoms with Crippen LogP contribution in [0, 0.1) is 0 Å². The van der Waals surface area contributed by atoms with Crippen molar-refractivity contribution in [3.63, 3.8) is 0 Å². The van der Waals surface area contributed by atoms with Gasteiger partial charge in [0.2, 0.25) is 0 Å². The Morgan fingerprint density at radius 3 is 2.64 bits per heavy atom. The van der Waals surface area contributed by atoms with Crippen LogP contribution in [0.5, 0.6) is 0 Å². The number of guanidine groups is 1. The zero-order chi connectivity index (χ0) is 17.2. The number of benzene rings is 1. The second-order valence-electron chi connectivity index (χ2n) is 5.30. The summed E-state index contributed by atoms with van der Waals surface area (Å²) in [6.45, 7) is 4.37. The van der Waals surface area contributed by atoms with Gasteiger partial charge in [-0.15, -0.1) is 47.1 Å². The summed E-state index contributed by atoms with van der Waals surface area (Å²) in [5.74, 6) is 1.83. The number of hydrogen-bond donors (Lipinski definition) is 2. The normalized spacial score (nSPS) is 10.9. The van der Waals surface area contributed by atoms with Gasteiger partial charge in [-0.1, -0.05) is 18.2 Å². The van der Waals surface area contributed by atoms with E-state index in [0.29, 0.717) is 6.54 Å². The molecule has 25 heavy (non-hydrogen) atoms. The fourth-order valence-electron chi connectivity index (χ4n) is 1.93. The van der Waals surface area contributed by atoms with E-state index < -0.39 is 0 Å². The summed E-state index contributed by atoms with van der Waals surface area (Å²) in [7, 11) is 4.00. The number of rotatable bonds is 8. The van der Waals surface area contributed by atoms with Crippen molar-refractivity contribution in [3.05, 3.63) is 41.4 Å². The molecule has 0 radical (unpaired) electrons. The van der Waals surface area contributed by atoms with Crippen molar-refractivity contribution in [2.24, 2.45) is 4.99 Å². The van der Waals surface area contributed by atoms with Crippen LogP contribution in [0.1, 0.15) is 12.6 Å². The molecule has 8 heteroatoms. The van der Waals surface area contributed by atoms with E-state index in [1.54, 1.807) is 11.3 Å². The number of aromatic nitrogens is 1. The molecule has 138 valence electrons. The molecule has 0 spiro atoms. The zero-order valence-electron chi connectivity index (χ0n) is 14.9. The molecule has 0 fully saturated rings. The molecule has 2 aromatic rings. The Bertz CT molecular complexity index is 631. The number of hydrogen-bond acceptors (Lipinski definition) is 5. The van der Waals surface area contributed by atoms with E-state index in [1.807, 2.05) is 36.8 Å². The smallest absolute Gasteiger partial charge is 0.191 e. The molecule has 0 aliphatic carbocycles. The molecule has 1 aromatic carbocycles. The maximum absolute atomic E-state index is 4.61. The van der Waals surface area contributed by atoms with Gasteiger partial charge in [0.15, 0.2) is 11.1 Å². The Morgan fingerprint density at radius 2 is 2.00 bits per heavy atom. The third-order valence-corrected chi connectivity index (χ3v) is 5.14. The predicted octanol–water partition coefficient (Wildman–Crippen LogP) is 3.67. The van der Waals surface area contributed by atoms with Crippen LogP contribution in [-0.2, 0) is 6.54 Å². The number of thioether (sulfide) groups is 1. The van der Waals surface area contributed by atoms with Crippen LogP contribution in [0.3, 0.4) is 0 Å². The molecule has 1 heterocycles. The topological polar surface area (TPSA) is 52.6 Å². The first-order valence-electron chi connectivity index (χ1n) is 8.00. The highest BCUT2D eigenvalue weighted by Gasteiger charge is 2.04. The molecule has 0 unspecified atom stereocenters. The van der Waals surface area contributed by atoms with Crippen LogP contribution < -0.4 is 15.5 Å². The molecular formula is C17H26IN5S2. The van der Waals surface area contributed by atoms with Crippen LogP contribution >= 0.6 is 47.1 Å². The summed E-state index contributed by atoms with van der Waals surface area (Å²) in [5, 5.41) is 9.72. The molecule has 0 saturated carbocycles. The van der Waals surface area contributed by atoms with E-state index in [4.69, 9.17) is 0 Å². The molecule has 2 N–H and O–H groups in total. The van der Waals surface area contributed by atoms with E-state index in [1.165, 1.54) is 4.90 Å². The molecule has 0 atom stereocenters. The van der Waals surface area contributed by atoms with Gasteiger partial charge in [0.05, 0.1) is 12.2 Å². The molecule has 0 saturated heterocycles. The minimum atomic E-state index is 0. The summed E-state index contributed by atoms with van der Waals surface area (Å²) < 4.78 is 0. The van der Waals surface area contributed by atoms with Crippen molar-refractivity contribution in [3.8, 4) is 0 Å². The van der Waals surface area contributed by atoms with E-state index in [2.05, 4.69) is 57.2 Å². The lowest BCUT2D eigenvalue weighted by Gasteiger charge is -2.10. The van der Waals surface area contributed by atoms with Gasteiger partial charge in [-0.3, -0.25) is 0 Å². The highest BCUT2D eigenvalue weighted by molar-refractivity contribution is 14.0. The van der Waals surface area contributed by atoms with Crippen LogP contribution in [0.25, 0.3) is 0 Å². The highest BCUT2D eigenvalue weighted by Crippen LogP contribution is 2.18. The van der Waals surface area contributed by atoms with Crippen LogP contribution in [0.4, 0.5) is 5.13 Å². The molecule has 0 aliphatic heterocycles. The number of anilines is 1. The van der Waals surface area contributed by atoms with Gasteiger partial charge in [0, 0.05) is 43.2 Å². The SMILES string of the molecule is CCNC(=NCc1csc(N(C)C)n1)NCCSc1ccccc1.I. The molecule has 1 aromatic heterocycles. The van der Waals surface area contributed by atoms with E-state index in [0.717, 1.165) is 35.6 Å². The van der Waals surface area contributed by atoms with Crippen molar-refractivity contribution in [1.82, 2.24) is 15.6 Å². The Balaban J connectivity index is 0.00000312. The summed E-state index contributed by atoms with van der Waals surface area (Å²) in [6, 6.07) is 10.4. The molecule has 0 aliphatic rings. The third kappa shape index (κ3) is 8.28. The van der Waals surface area contributed by atoms with Crippen LogP contribution in [0.15, 0.2) is 45.6 Å². The molecular weight excluding hydrogens is 465 g/mol. The van der Waals surface area contributed by atoms with Crippen molar-refractivity contribution in [2.45, 2.75) is 18.4 Å². The first-order valence-corrected chi connectivity index (χ1v) is 9.87. The summed E-state index contributed by atoms with van der Waals surface area (Å²) in [4.78, 5) is 12.5. The van der Waals surface area contributed by atoms with Crippen LogP contribution in [-0.4, -0.2) is 43.9 Å². The van der Waals surface area contributed by atoms with Crippen molar-refractivity contribution in [2.75, 3.05) is 37.8 Å². The lowest BCUT2D eigenvalue weighted by atomic mass is 10.4. The average Bonchev–Trinajstić information content (AvgIpc) is 3.06. The summed E-state index contributed by atoms with van der Waals surface area (Å²) in [6.07, 6.45) is 0. The Kier molecular flexibility index (Phi) is 10.9. The first-order chi connectivity index (χ1) is 11.7. The Hall–Kier alpha value is -1.000. The molecule has 0 bridgehead atoms. The minimum absolute atomic E-state index is 0. The van der Waals surface area contributed by atoms with Gasteiger partial charge in [0.1, 0.15) is 0 Å².